The summed E-state index contributed by atoms with van der Waals surface area (Å²) in [5.41, 5.74) is 1.55. The van der Waals surface area contributed by atoms with Crippen LogP contribution in [-0.2, 0) is 22.6 Å². The van der Waals surface area contributed by atoms with Gasteiger partial charge >= 0.3 is 0 Å². The van der Waals surface area contributed by atoms with Crippen molar-refractivity contribution in [3.8, 4) is 10.6 Å². The van der Waals surface area contributed by atoms with Crippen molar-refractivity contribution < 1.29 is 9.53 Å². The molecule has 0 spiro atoms. The minimum atomic E-state index is -0.189. The number of halogens is 1. The molecule has 0 bridgehead atoms. The van der Waals surface area contributed by atoms with Crippen LogP contribution in [0, 0.1) is 0 Å². The van der Waals surface area contributed by atoms with E-state index < -0.39 is 0 Å². The Morgan fingerprint density at radius 3 is 2.96 bits per heavy atom. The number of amides is 1. The van der Waals surface area contributed by atoms with Crippen LogP contribution < -0.4 is 5.32 Å². The van der Waals surface area contributed by atoms with E-state index in [1.807, 2.05) is 29.6 Å². The van der Waals surface area contributed by atoms with Crippen LogP contribution in [-0.4, -0.2) is 28.2 Å². The van der Waals surface area contributed by atoms with Gasteiger partial charge in [0, 0.05) is 18.1 Å². The van der Waals surface area contributed by atoms with Gasteiger partial charge in [-0.15, -0.1) is 21.5 Å². The van der Waals surface area contributed by atoms with Crippen molar-refractivity contribution in [2.75, 3.05) is 12.4 Å². The topological polar surface area (TPSA) is 77.0 Å². The molecule has 1 N–H and O–H groups in total. The summed E-state index contributed by atoms with van der Waals surface area (Å²) in [5.74, 6) is -0.189. The molecular formula is C15H13ClN4O2S2. The highest BCUT2D eigenvalue weighted by atomic mass is 35.5. The van der Waals surface area contributed by atoms with Crippen LogP contribution >= 0.6 is 34.3 Å². The number of ether oxygens (including phenoxy) is 1. The monoisotopic (exact) mass is 380 g/mol. The number of benzene rings is 1. The fourth-order valence-corrected chi connectivity index (χ4v) is 3.83. The Labute approximate surface area is 151 Å². The number of thiazole rings is 1. The third-order valence-electron chi connectivity index (χ3n) is 2.98. The van der Waals surface area contributed by atoms with Crippen molar-refractivity contribution in [1.29, 1.82) is 0 Å². The van der Waals surface area contributed by atoms with E-state index in [1.54, 1.807) is 7.11 Å². The fourth-order valence-electron chi connectivity index (χ4n) is 1.96. The third-order valence-corrected chi connectivity index (χ3v) is 5.04. The molecule has 124 valence electrons. The number of nitrogens with one attached hydrogen (secondary N) is 1. The maximum atomic E-state index is 12.1. The van der Waals surface area contributed by atoms with Crippen LogP contribution in [0.5, 0.6) is 0 Å². The second-order valence-electron chi connectivity index (χ2n) is 4.78. The summed E-state index contributed by atoms with van der Waals surface area (Å²) in [5, 5.41) is 15.0. The molecule has 0 aliphatic carbocycles. The second-order valence-corrected chi connectivity index (χ2v) is 7.11. The molecule has 0 saturated carbocycles. The molecule has 0 radical (unpaired) electrons. The molecule has 6 nitrogen and oxygen atoms in total. The molecule has 0 fully saturated rings. The second kappa shape index (κ2) is 7.80. The van der Waals surface area contributed by atoms with Gasteiger partial charge in [0.2, 0.25) is 11.0 Å². The van der Waals surface area contributed by atoms with E-state index in [1.165, 1.54) is 22.7 Å². The first kappa shape index (κ1) is 17.0. The van der Waals surface area contributed by atoms with Gasteiger partial charge in [-0.05, 0) is 6.07 Å². The molecule has 9 heteroatoms. The van der Waals surface area contributed by atoms with Crippen LogP contribution in [0.3, 0.4) is 0 Å². The summed E-state index contributed by atoms with van der Waals surface area (Å²) < 4.78 is 4.97. The summed E-state index contributed by atoms with van der Waals surface area (Å²) in [6.07, 6.45) is 0.167. The van der Waals surface area contributed by atoms with E-state index in [-0.39, 0.29) is 12.3 Å². The summed E-state index contributed by atoms with van der Waals surface area (Å²) in [6, 6.07) is 7.50. The average molecular weight is 381 g/mol. The zero-order valence-electron chi connectivity index (χ0n) is 12.7. The van der Waals surface area contributed by atoms with Crippen LogP contribution in [0.2, 0.25) is 5.02 Å². The Balaban J connectivity index is 1.64. The SMILES string of the molecule is COCc1nnc(NC(=O)Cc2csc(-c3ccccc3Cl)n2)s1. The molecule has 2 heterocycles. The Kier molecular flexibility index (Phi) is 5.52. The van der Waals surface area contributed by atoms with Crippen LogP contribution in [0.15, 0.2) is 29.6 Å². The molecule has 0 saturated heterocycles. The smallest absolute Gasteiger partial charge is 0.232 e. The molecule has 1 amide bonds. The number of rotatable bonds is 6. The highest BCUT2D eigenvalue weighted by Gasteiger charge is 2.13. The lowest BCUT2D eigenvalue weighted by atomic mass is 10.2. The van der Waals surface area contributed by atoms with E-state index in [9.17, 15) is 4.79 Å². The number of nitrogens with zero attached hydrogens (tertiary/aromatic N) is 3. The van der Waals surface area contributed by atoms with E-state index >= 15 is 0 Å². The number of anilines is 1. The van der Waals surface area contributed by atoms with Crippen molar-refractivity contribution in [2.24, 2.45) is 0 Å². The predicted octanol–water partition coefficient (Wildman–Crippen LogP) is 3.64. The van der Waals surface area contributed by atoms with Crippen LogP contribution in [0.25, 0.3) is 10.6 Å². The Morgan fingerprint density at radius 1 is 1.33 bits per heavy atom. The van der Waals surface area contributed by atoms with Crippen molar-refractivity contribution in [3.63, 3.8) is 0 Å². The summed E-state index contributed by atoms with van der Waals surface area (Å²) >= 11 is 8.92. The zero-order valence-corrected chi connectivity index (χ0v) is 15.0. The van der Waals surface area contributed by atoms with E-state index in [2.05, 4.69) is 20.5 Å². The highest BCUT2D eigenvalue weighted by Crippen LogP contribution is 2.30. The highest BCUT2D eigenvalue weighted by molar-refractivity contribution is 7.15. The van der Waals surface area contributed by atoms with Gasteiger partial charge in [-0.1, -0.05) is 41.1 Å². The van der Waals surface area contributed by atoms with Gasteiger partial charge in [0.25, 0.3) is 0 Å². The van der Waals surface area contributed by atoms with E-state index in [0.29, 0.717) is 27.5 Å². The number of methoxy groups -OCH3 is 1. The predicted molar refractivity (Wildman–Crippen MR) is 95.5 cm³/mol. The number of carbonyl (C=O) groups excluding carboxylic acids is 1. The first-order valence-electron chi connectivity index (χ1n) is 6.96. The lowest BCUT2D eigenvalue weighted by molar-refractivity contribution is -0.115. The maximum Gasteiger partial charge on any atom is 0.232 e. The minimum absolute atomic E-state index is 0.167. The fraction of sp³-hybridized carbons (Fsp3) is 0.200. The van der Waals surface area contributed by atoms with Gasteiger partial charge < -0.3 is 10.1 Å². The minimum Gasteiger partial charge on any atom is -0.377 e. The molecule has 0 aliphatic heterocycles. The standard InChI is InChI=1S/C15H13ClN4O2S2/c1-22-7-13-19-20-15(24-13)18-12(21)6-9-8-23-14(17-9)10-4-2-3-5-11(10)16/h2-5,8H,6-7H2,1H3,(H,18,20,21). The number of aromatic nitrogens is 3. The number of hydrogen-bond donors (Lipinski definition) is 1. The van der Waals surface area contributed by atoms with E-state index in [4.69, 9.17) is 16.3 Å². The van der Waals surface area contributed by atoms with Gasteiger partial charge in [-0.25, -0.2) is 4.98 Å². The lowest BCUT2D eigenvalue weighted by Gasteiger charge is -1.99. The van der Waals surface area contributed by atoms with E-state index in [0.717, 1.165) is 10.6 Å². The lowest BCUT2D eigenvalue weighted by Crippen LogP contribution is -2.14. The number of carbonyl (C=O) groups is 1. The maximum absolute atomic E-state index is 12.1. The first-order chi connectivity index (χ1) is 11.7. The van der Waals surface area contributed by atoms with Crippen LogP contribution in [0.4, 0.5) is 5.13 Å². The molecular weight excluding hydrogens is 368 g/mol. The Morgan fingerprint density at radius 2 is 2.17 bits per heavy atom. The van der Waals surface area contributed by atoms with Gasteiger partial charge in [0.15, 0.2) is 0 Å². The Hall–Kier alpha value is -1.87. The Bertz CT molecular complexity index is 849. The molecule has 0 unspecified atom stereocenters. The molecule has 3 rings (SSSR count). The van der Waals surface area contributed by atoms with Gasteiger partial charge in [0.1, 0.15) is 16.6 Å². The van der Waals surface area contributed by atoms with Crippen molar-refractivity contribution in [3.05, 3.63) is 45.4 Å². The molecule has 2 aromatic heterocycles. The molecule has 1 aromatic carbocycles. The van der Waals surface area contributed by atoms with Gasteiger partial charge in [-0.2, -0.15) is 0 Å². The average Bonchev–Trinajstić information content (AvgIpc) is 3.18. The van der Waals surface area contributed by atoms with Crippen LogP contribution in [0.1, 0.15) is 10.7 Å². The van der Waals surface area contributed by atoms with Gasteiger partial charge in [-0.3, -0.25) is 4.79 Å². The summed E-state index contributed by atoms with van der Waals surface area (Å²) in [6.45, 7) is 0.376. The normalized spacial score (nSPS) is 10.8. The molecule has 3 aromatic rings. The third kappa shape index (κ3) is 4.15. The quantitative estimate of drug-likeness (QED) is 0.706. The molecule has 0 aliphatic rings. The van der Waals surface area contributed by atoms with Crippen molar-refractivity contribution >= 4 is 45.3 Å². The zero-order chi connectivity index (χ0) is 16.9. The largest absolute Gasteiger partial charge is 0.377 e. The van der Waals surface area contributed by atoms with Crippen molar-refractivity contribution in [2.45, 2.75) is 13.0 Å². The molecule has 24 heavy (non-hydrogen) atoms. The summed E-state index contributed by atoms with van der Waals surface area (Å²) in [7, 11) is 1.58. The molecule has 0 atom stereocenters. The number of hydrogen-bond acceptors (Lipinski definition) is 7. The van der Waals surface area contributed by atoms with Crippen molar-refractivity contribution in [1.82, 2.24) is 15.2 Å². The first-order valence-corrected chi connectivity index (χ1v) is 9.03. The van der Waals surface area contributed by atoms with Gasteiger partial charge in [0.05, 0.1) is 17.1 Å². The summed E-state index contributed by atoms with van der Waals surface area (Å²) in [4.78, 5) is 16.6.